The summed E-state index contributed by atoms with van der Waals surface area (Å²) < 4.78 is 3.01. The zero-order chi connectivity index (χ0) is 13.6. The summed E-state index contributed by atoms with van der Waals surface area (Å²) in [6.07, 6.45) is 0. The number of hydrogen-bond donors (Lipinski definition) is 1. The van der Waals surface area contributed by atoms with Crippen LogP contribution >= 0.6 is 15.9 Å². The molecule has 0 aliphatic heterocycles. The van der Waals surface area contributed by atoms with Gasteiger partial charge in [-0.05, 0) is 43.7 Å². The number of hydrogen-bond acceptors (Lipinski definition) is 2. The minimum atomic E-state index is 0.514. The van der Waals surface area contributed by atoms with Crippen molar-refractivity contribution in [1.29, 1.82) is 0 Å². The first-order valence-electron chi connectivity index (χ1n) is 6.07. The minimum absolute atomic E-state index is 0.514. The van der Waals surface area contributed by atoms with Crippen molar-refractivity contribution < 1.29 is 0 Å². The molecule has 2 N–H and O–H groups in total. The van der Waals surface area contributed by atoms with E-state index in [-0.39, 0.29) is 0 Å². The Morgan fingerprint density at radius 2 is 1.89 bits per heavy atom. The van der Waals surface area contributed by atoms with Gasteiger partial charge in [-0.1, -0.05) is 33.6 Å². The molecule has 0 saturated heterocycles. The van der Waals surface area contributed by atoms with Gasteiger partial charge in [-0.3, -0.25) is 4.57 Å². The molecule has 0 unspecified atom stereocenters. The van der Waals surface area contributed by atoms with Crippen molar-refractivity contribution in [3.63, 3.8) is 0 Å². The fourth-order valence-electron chi connectivity index (χ4n) is 2.38. The molecule has 3 aromatic rings. The largest absolute Gasteiger partial charge is 0.369 e. The number of nitrogens with two attached hydrogens (primary N) is 1. The third kappa shape index (κ3) is 2.02. The van der Waals surface area contributed by atoms with Crippen molar-refractivity contribution in [2.45, 2.75) is 13.8 Å². The predicted octanol–water partition coefficient (Wildman–Crippen LogP) is 3.99. The standard InChI is InChI=1S/C15H14BrN3/c1-9-3-6-13(10(2)7-9)19-14-8-11(16)4-5-12(14)18-15(19)17/h3-8H,1-2H3,(H2,17,18). The van der Waals surface area contributed by atoms with Gasteiger partial charge in [0, 0.05) is 4.47 Å². The summed E-state index contributed by atoms with van der Waals surface area (Å²) in [5, 5.41) is 0. The van der Waals surface area contributed by atoms with Gasteiger partial charge in [0.2, 0.25) is 5.95 Å². The average molecular weight is 316 g/mol. The van der Waals surface area contributed by atoms with Crippen molar-refractivity contribution in [1.82, 2.24) is 9.55 Å². The topological polar surface area (TPSA) is 43.8 Å². The van der Waals surface area contributed by atoms with E-state index in [1.54, 1.807) is 0 Å². The lowest BCUT2D eigenvalue weighted by atomic mass is 10.1. The fourth-order valence-corrected chi connectivity index (χ4v) is 2.73. The second kappa shape index (κ2) is 4.38. The lowest BCUT2D eigenvalue weighted by Gasteiger charge is -2.10. The Balaban J connectivity index is 2.35. The van der Waals surface area contributed by atoms with Gasteiger partial charge in [-0.25, -0.2) is 4.98 Å². The third-order valence-electron chi connectivity index (χ3n) is 3.24. The molecule has 0 aliphatic carbocycles. The number of imidazole rings is 1. The molecule has 2 aromatic carbocycles. The van der Waals surface area contributed by atoms with Crippen LogP contribution in [0.5, 0.6) is 0 Å². The Hall–Kier alpha value is -1.81. The van der Waals surface area contributed by atoms with Crippen LogP contribution in [0.25, 0.3) is 16.7 Å². The number of fused-ring (bicyclic) bond motifs is 1. The number of nitrogens with zero attached hydrogens (tertiary/aromatic N) is 2. The highest BCUT2D eigenvalue weighted by atomic mass is 79.9. The summed E-state index contributed by atoms with van der Waals surface area (Å²) in [7, 11) is 0. The van der Waals surface area contributed by atoms with Crippen molar-refractivity contribution >= 4 is 32.9 Å². The van der Waals surface area contributed by atoms with Crippen molar-refractivity contribution in [3.05, 3.63) is 52.0 Å². The maximum absolute atomic E-state index is 6.08. The van der Waals surface area contributed by atoms with Crippen molar-refractivity contribution in [2.24, 2.45) is 0 Å². The molecule has 1 heterocycles. The first kappa shape index (κ1) is 12.2. The smallest absolute Gasteiger partial charge is 0.205 e. The summed E-state index contributed by atoms with van der Waals surface area (Å²) in [6.45, 7) is 4.17. The van der Waals surface area contributed by atoms with E-state index in [4.69, 9.17) is 5.73 Å². The molecule has 0 atom stereocenters. The number of aryl methyl sites for hydroxylation is 2. The molecule has 0 bridgehead atoms. The summed E-state index contributed by atoms with van der Waals surface area (Å²) in [5.41, 5.74) is 11.5. The van der Waals surface area contributed by atoms with Gasteiger partial charge >= 0.3 is 0 Å². The summed E-state index contributed by atoms with van der Waals surface area (Å²) in [6, 6.07) is 12.3. The van der Waals surface area contributed by atoms with Gasteiger partial charge in [0.25, 0.3) is 0 Å². The van der Waals surface area contributed by atoms with Gasteiger partial charge in [0.1, 0.15) is 0 Å². The number of halogens is 1. The lowest BCUT2D eigenvalue weighted by molar-refractivity contribution is 1.09. The van der Waals surface area contributed by atoms with Crippen LogP contribution in [0.1, 0.15) is 11.1 Å². The molecule has 4 heteroatoms. The Kier molecular flexibility index (Phi) is 2.82. The quantitative estimate of drug-likeness (QED) is 0.738. The van der Waals surface area contributed by atoms with Gasteiger partial charge < -0.3 is 5.73 Å². The van der Waals surface area contributed by atoms with E-state index < -0.39 is 0 Å². The van der Waals surface area contributed by atoms with Crippen LogP contribution < -0.4 is 5.73 Å². The van der Waals surface area contributed by atoms with E-state index in [0.29, 0.717) is 5.95 Å². The van der Waals surface area contributed by atoms with Gasteiger partial charge in [-0.15, -0.1) is 0 Å². The van der Waals surface area contributed by atoms with Crippen molar-refractivity contribution in [3.8, 4) is 5.69 Å². The van der Waals surface area contributed by atoms with Crippen LogP contribution in [0, 0.1) is 13.8 Å². The molecule has 96 valence electrons. The molecule has 1 aromatic heterocycles. The molecule has 0 spiro atoms. The van der Waals surface area contributed by atoms with Crippen LogP contribution in [-0.2, 0) is 0 Å². The predicted molar refractivity (Wildman–Crippen MR) is 82.7 cm³/mol. The average Bonchev–Trinajstić information content (AvgIpc) is 2.65. The maximum atomic E-state index is 6.08. The number of anilines is 1. The lowest BCUT2D eigenvalue weighted by Crippen LogP contribution is -2.02. The van der Waals surface area contributed by atoms with Gasteiger partial charge in [0.15, 0.2) is 0 Å². The Morgan fingerprint density at radius 3 is 2.63 bits per heavy atom. The highest BCUT2D eigenvalue weighted by Crippen LogP contribution is 2.27. The van der Waals surface area contributed by atoms with Gasteiger partial charge in [-0.2, -0.15) is 0 Å². The second-order valence-electron chi connectivity index (χ2n) is 4.73. The molecule has 0 amide bonds. The van der Waals surface area contributed by atoms with Crippen LogP contribution in [0.2, 0.25) is 0 Å². The third-order valence-corrected chi connectivity index (χ3v) is 3.73. The first-order valence-corrected chi connectivity index (χ1v) is 6.86. The maximum Gasteiger partial charge on any atom is 0.205 e. The number of aromatic nitrogens is 2. The van der Waals surface area contributed by atoms with Crippen LogP contribution in [0.4, 0.5) is 5.95 Å². The van der Waals surface area contributed by atoms with E-state index in [9.17, 15) is 0 Å². The van der Waals surface area contributed by atoms with Crippen molar-refractivity contribution in [2.75, 3.05) is 5.73 Å². The fraction of sp³-hybridized carbons (Fsp3) is 0.133. The monoisotopic (exact) mass is 315 g/mol. The minimum Gasteiger partial charge on any atom is -0.369 e. The van der Waals surface area contributed by atoms with Crippen LogP contribution in [-0.4, -0.2) is 9.55 Å². The molecule has 0 saturated carbocycles. The SMILES string of the molecule is Cc1ccc(-n2c(N)nc3ccc(Br)cc32)c(C)c1. The molecular formula is C15H14BrN3. The molecule has 0 radical (unpaired) electrons. The molecule has 0 aliphatic rings. The van der Waals surface area contributed by atoms with E-state index >= 15 is 0 Å². The van der Waals surface area contributed by atoms with E-state index in [1.165, 1.54) is 11.1 Å². The highest BCUT2D eigenvalue weighted by Gasteiger charge is 2.12. The summed E-state index contributed by atoms with van der Waals surface area (Å²) in [4.78, 5) is 4.41. The Labute approximate surface area is 120 Å². The number of benzene rings is 2. The van der Waals surface area contributed by atoms with Gasteiger partial charge in [0.05, 0.1) is 16.7 Å². The second-order valence-corrected chi connectivity index (χ2v) is 5.64. The van der Waals surface area contributed by atoms with E-state index in [2.05, 4.69) is 53.0 Å². The Bertz CT molecular complexity index is 774. The zero-order valence-electron chi connectivity index (χ0n) is 10.8. The van der Waals surface area contributed by atoms with E-state index in [0.717, 1.165) is 21.2 Å². The van der Waals surface area contributed by atoms with E-state index in [1.807, 2.05) is 22.8 Å². The van der Waals surface area contributed by atoms with Crippen LogP contribution in [0.3, 0.4) is 0 Å². The molecule has 19 heavy (non-hydrogen) atoms. The summed E-state index contributed by atoms with van der Waals surface area (Å²) in [5.74, 6) is 0.514. The zero-order valence-corrected chi connectivity index (χ0v) is 12.4. The highest BCUT2D eigenvalue weighted by molar-refractivity contribution is 9.10. The normalized spacial score (nSPS) is 11.1. The number of rotatable bonds is 1. The Morgan fingerprint density at radius 1 is 1.11 bits per heavy atom. The molecule has 3 rings (SSSR count). The molecule has 3 nitrogen and oxygen atoms in total. The molecule has 0 fully saturated rings. The number of nitrogen functional groups attached to an aromatic ring is 1. The summed E-state index contributed by atoms with van der Waals surface area (Å²) >= 11 is 3.50. The first-order chi connectivity index (χ1) is 9.06. The van der Waals surface area contributed by atoms with Crippen LogP contribution in [0.15, 0.2) is 40.9 Å². The molecular weight excluding hydrogens is 302 g/mol.